The van der Waals surface area contributed by atoms with E-state index in [2.05, 4.69) is 0 Å². The number of hydrogen-bond acceptors (Lipinski definition) is 5. The molecule has 0 amide bonds. The summed E-state index contributed by atoms with van der Waals surface area (Å²) in [6, 6.07) is 15.6. The standard InChI is InChI=1S/C19H19NO4S3/c1-24-15-7-9-16(10-8-15)27(22,23)20-17-6-3-2-5-14(17)13-18(20)19-25-11-4-12-26(19)21/h2-3,5-10,13,19H,4,11-12H2,1H3. The van der Waals surface area contributed by atoms with Crippen LogP contribution in [0.15, 0.2) is 59.5 Å². The molecule has 2 unspecified atom stereocenters. The number of rotatable bonds is 4. The van der Waals surface area contributed by atoms with E-state index < -0.39 is 20.8 Å². The molecule has 2 aromatic carbocycles. The number of para-hydroxylation sites is 1. The Morgan fingerprint density at radius 2 is 1.89 bits per heavy atom. The smallest absolute Gasteiger partial charge is 0.268 e. The zero-order valence-corrected chi connectivity index (χ0v) is 17.1. The van der Waals surface area contributed by atoms with Gasteiger partial charge in [-0.25, -0.2) is 12.4 Å². The van der Waals surface area contributed by atoms with Crippen LogP contribution in [0, 0.1) is 0 Å². The topological polar surface area (TPSA) is 65.4 Å². The summed E-state index contributed by atoms with van der Waals surface area (Å²) in [5.74, 6) is 2.07. The van der Waals surface area contributed by atoms with Crippen molar-refractivity contribution in [1.29, 1.82) is 0 Å². The number of nitrogens with zero attached hydrogens (tertiary/aromatic N) is 1. The Bertz CT molecular complexity index is 1100. The van der Waals surface area contributed by atoms with E-state index in [0.717, 1.165) is 17.6 Å². The lowest BCUT2D eigenvalue weighted by Crippen LogP contribution is -2.21. The lowest BCUT2D eigenvalue weighted by Gasteiger charge is -2.23. The summed E-state index contributed by atoms with van der Waals surface area (Å²) in [6.07, 6.45) is 0.888. The highest BCUT2D eigenvalue weighted by Crippen LogP contribution is 2.40. The molecule has 0 bridgehead atoms. The average molecular weight is 422 g/mol. The molecule has 1 aliphatic heterocycles. The molecule has 142 valence electrons. The molecule has 1 saturated heterocycles. The van der Waals surface area contributed by atoms with Crippen molar-refractivity contribution in [3.8, 4) is 5.75 Å². The lowest BCUT2D eigenvalue weighted by atomic mass is 10.2. The number of aromatic nitrogens is 1. The molecule has 0 saturated carbocycles. The van der Waals surface area contributed by atoms with Crippen molar-refractivity contribution in [3.05, 3.63) is 60.3 Å². The van der Waals surface area contributed by atoms with E-state index in [4.69, 9.17) is 4.74 Å². The summed E-state index contributed by atoms with van der Waals surface area (Å²) in [6.45, 7) is 0. The maximum atomic E-state index is 13.5. The summed E-state index contributed by atoms with van der Waals surface area (Å²) >= 11 is 1.57. The number of ether oxygens (including phenoxy) is 1. The molecule has 1 fully saturated rings. The molecule has 0 N–H and O–H groups in total. The molecule has 3 aromatic rings. The summed E-state index contributed by atoms with van der Waals surface area (Å²) in [5, 5.41) is 0.827. The van der Waals surface area contributed by atoms with Gasteiger partial charge in [0.15, 0.2) is 0 Å². The SMILES string of the molecule is COc1ccc(S(=O)(=O)n2c(C3SCCCS3=O)cc3ccccc32)cc1. The maximum absolute atomic E-state index is 13.5. The van der Waals surface area contributed by atoms with Crippen LogP contribution in [0.25, 0.3) is 10.9 Å². The summed E-state index contributed by atoms with van der Waals surface area (Å²) in [4.78, 5) is 0.178. The van der Waals surface area contributed by atoms with Gasteiger partial charge in [0.2, 0.25) is 0 Å². The van der Waals surface area contributed by atoms with Crippen LogP contribution in [0.1, 0.15) is 16.7 Å². The van der Waals surface area contributed by atoms with Crippen molar-refractivity contribution in [2.75, 3.05) is 18.6 Å². The highest BCUT2D eigenvalue weighted by Gasteiger charge is 2.32. The van der Waals surface area contributed by atoms with Crippen molar-refractivity contribution in [2.45, 2.75) is 15.9 Å². The van der Waals surface area contributed by atoms with E-state index in [0.29, 0.717) is 22.7 Å². The maximum Gasteiger partial charge on any atom is 0.268 e. The van der Waals surface area contributed by atoms with E-state index in [9.17, 15) is 12.6 Å². The van der Waals surface area contributed by atoms with Crippen molar-refractivity contribution in [3.63, 3.8) is 0 Å². The Hall–Kier alpha value is -1.77. The summed E-state index contributed by atoms with van der Waals surface area (Å²) in [5.41, 5.74) is 1.18. The minimum Gasteiger partial charge on any atom is -0.497 e. The van der Waals surface area contributed by atoms with Crippen LogP contribution in [0.2, 0.25) is 0 Å². The third kappa shape index (κ3) is 3.30. The minimum atomic E-state index is -3.84. The van der Waals surface area contributed by atoms with E-state index in [-0.39, 0.29) is 9.48 Å². The van der Waals surface area contributed by atoms with Crippen LogP contribution in [-0.4, -0.2) is 35.2 Å². The first-order chi connectivity index (χ1) is 13.0. The van der Waals surface area contributed by atoms with Crippen molar-refractivity contribution in [1.82, 2.24) is 3.97 Å². The van der Waals surface area contributed by atoms with E-state index in [1.165, 1.54) is 23.2 Å². The molecule has 8 heteroatoms. The van der Waals surface area contributed by atoms with E-state index in [1.807, 2.05) is 24.3 Å². The number of fused-ring (bicyclic) bond motifs is 1. The molecule has 2 heterocycles. The van der Waals surface area contributed by atoms with Crippen LogP contribution < -0.4 is 4.74 Å². The van der Waals surface area contributed by atoms with Crippen molar-refractivity contribution < 1.29 is 17.4 Å². The second kappa shape index (κ2) is 7.33. The Kier molecular flexibility index (Phi) is 5.05. The van der Waals surface area contributed by atoms with E-state index >= 15 is 0 Å². The van der Waals surface area contributed by atoms with Gasteiger partial charge in [0, 0.05) is 21.9 Å². The number of benzene rings is 2. The Morgan fingerprint density at radius 3 is 2.59 bits per heavy atom. The predicted octanol–water partition coefficient (Wildman–Crippen LogP) is 3.77. The molecule has 5 nitrogen and oxygen atoms in total. The largest absolute Gasteiger partial charge is 0.497 e. The van der Waals surface area contributed by atoms with Gasteiger partial charge in [0.05, 0.1) is 23.2 Å². The van der Waals surface area contributed by atoms with Crippen LogP contribution in [0.3, 0.4) is 0 Å². The van der Waals surface area contributed by atoms with Gasteiger partial charge in [-0.3, -0.25) is 4.21 Å². The van der Waals surface area contributed by atoms with Crippen LogP contribution in [-0.2, 0) is 20.8 Å². The van der Waals surface area contributed by atoms with Crippen molar-refractivity contribution >= 4 is 43.5 Å². The minimum absolute atomic E-state index is 0.178. The fraction of sp³-hybridized carbons (Fsp3) is 0.263. The van der Waals surface area contributed by atoms with Gasteiger partial charge in [-0.1, -0.05) is 18.2 Å². The fourth-order valence-corrected chi connectivity index (χ4v) is 8.24. The molecule has 2 atom stereocenters. The Labute approximate surface area is 165 Å². The molecule has 0 aliphatic carbocycles. The molecule has 0 radical (unpaired) electrons. The highest BCUT2D eigenvalue weighted by atomic mass is 32.2. The number of methoxy groups -OCH3 is 1. The lowest BCUT2D eigenvalue weighted by molar-refractivity contribution is 0.414. The monoisotopic (exact) mass is 421 g/mol. The summed E-state index contributed by atoms with van der Waals surface area (Å²) < 4.78 is 45.8. The van der Waals surface area contributed by atoms with Crippen LogP contribution >= 0.6 is 11.8 Å². The van der Waals surface area contributed by atoms with Crippen LogP contribution in [0.4, 0.5) is 0 Å². The van der Waals surface area contributed by atoms with E-state index in [1.54, 1.807) is 30.0 Å². The van der Waals surface area contributed by atoms with Crippen molar-refractivity contribution in [2.24, 2.45) is 0 Å². The Balaban J connectivity index is 1.93. The summed E-state index contributed by atoms with van der Waals surface area (Å²) in [7, 11) is -3.40. The highest BCUT2D eigenvalue weighted by molar-refractivity contribution is 8.11. The first-order valence-corrected chi connectivity index (χ1v) is 12.4. The average Bonchev–Trinajstić information content (AvgIpc) is 3.08. The number of thioether (sulfide) groups is 1. The quantitative estimate of drug-likeness (QED) is 0.642. The van der Waals surface area contributed by atoms with Gasteiger partial charge < -0.3 is 4.74 Å². The third-order valence-electron chi connectivity index (χ3n) is 4.53. The van der Waals surface area contributed by atoms with Gasteiger partial charge in [-0.2, -0.15) is 0 Å². The third-order valence-corrected chi connectivity index (χ3v) is 9.82. The molecular formula is C19H19NO4S3. The predicted molar refractivity (Wildman–Crippen MR) is 110 cm³/mol. The molecule has 0 spiro atoms. The van der Waals surface area contributed by atoms with Gasteiger partial charge in [-0.15, -0.1) is 11.8 Å². The second-order valence-corrected chi connectivity index (χ2v) is 11.2. The zero-order valence-electron chi connectivity index (χ0n) is 14.7. The molecule has 1 aliphatic rings. The van der Waals surface area contributed by atoms with Gasteiger partial charge in [-0.05, 0) is 48.6 Å². The first kappa shape index (κ1) is 18.6. The fourth-order valence-electron chi connectivity index (χ4n) is 3.23. The van der Waals surface area contributed by atoms with Gasteiger partial charge in [0.25, 0.3) is 10.0 Å². The van der Waals surface area contributed by atoms with Gasteiger partial charge in [0.1, 0.15) is 10.3 Å². The molecule has 1 aromatic heterocycles. The molecule has 4 rings (SSSR count). The Morgan fingerprint density at radius 1 is 1.15 bits per heavy atom. The first-order valence-electron chi connectivity index (χ1n) is 8.51. The van der Waals surface area contributed by atoms with Crippen LogP contribution in [0.5, 0.6) is 5.75 Å². The molecular weight excluding hydrogens is 402 g/mol. The second-order valence-electron chi connectivity index (χ2n) is 6.21. The number of hydrogen-bond donors (Lipinski definition) is 0. The normalized spacial score (nSPS) is 20.6. The van der Waals surface area contributed by atoms with Gasteiger partial charge >= 0.3 is 0 Å². The zero-order chi connectivity index (χ0) is 19.0. The molecule has 27 heavy (non-hydrogen) atoms.